The van der Waals surface area contributed by atoms with Crippen LogP contribution in [0.1, 0.15) is 17.6 Å². The lowest BCUT2D eigenvalue weighted by molar-refractivity contribution is 0.151. The van der Waals surface area contributed by atoms with Crippen LogP contribution in [0.25, 0.3) is 0 Å². The van der Waals surface area contributed by atoms with E-state index in [2.05, 4.69) is 0 Å². The second-order valence-electron chi connectivity index (χ2n) is 2.87. The van der Waals surface area contributed by atoms with E-state index in [9.17, 15) is 22.3 Å². The predicted molar refractivity (Wildman–Crippen MR) is 51.5 cm³/mol. The minimum Gasteiger partial charge on any atom is -0.508 e. The second kappa shape index (κ2) is 4.32. The third-order valence-electron chi connectivity index (χ3n) is 1.68. The fourth-order valence-electron chi connectivity index (χ4n) is 1.04. The Balaban J connectivity index is 3.11. The van der Waals surface area contributed by atoms with Gasteiger partial charge in [0.15, 0.2) is 0 Å². The molecule has 0 aromatic heterocycles. The third-order valence-corrected chi connectivity index (χ3v) is 2.67. The molecule has 3 nitrogen and oxygen atoms in total. The van der Waals surface area contributed by atoms with Crippen molar-refractivity contribution in [2.75, 3.05) is 0 Å². The molecule has 1 N–H and O–H groups in total. The molecular formula is C8H7ClF2O3S. The summed E-state index contributed by atoms with van der Waals surface area (Å²) in [6, 6.07) is 2.95. The van der Waals surface area contributed by atoms with Crippen molar-refractivity contribution in [2.45, 2.75) is 12.2 Å². The summed E-state index contributed by atoms with van der Waals surface area (Å²) in [7, 11) is 1.07. The first-order valence-electron chi connectivity index (χ1n) is 3.82. The van der Waals surface area contributed by atoms with Gasteiger partial charge in [0.25, 0.3) is 6.43 Å². The normalized spacial score (nSPS) is 12.0. The summed E-state index contributed by atoms with van der Waals surface area (Å²) < 4.78 is 45.9. The molecule has 0 bridgehead atoms. The van der Waals surface area contributed by atoms with Gasteiger partial charge in [-0.3, -0.25) is 0 Å². The molecule has 0 heterocycles. The molecule has 0 atom stereocenters. The quantitative estimate of drug-likeness (QED) is 0.845. The lowest BCUT2D eigenvalue weighted by Crippen LogP contribution is -1.97. The highest BCUT2D eigenvalue weighted by Crippen LogP contribution is 2.27. The van der Waals surface area contributed by atoms with E-state index >= 15 is 0 Å². The van der Waals surface area contributed by atoms with E-state index in [0.29, 0.717) is 0 Å². The summed E-state index contributed by atoms with van der Waals surface area (Å²) in [6.07, 6.45) is -2.72. The molecule has 1 aromatic carbocycles. The Bertz CT molecular complexity index is 459. The highest BCUT2D eigenvalue weighted by Gasteiger charge is 2.14. The van der Waals surface area contributed by atoms with Gasteiger partial charge in [-0.25, -0.2) is 17.2 Å². The average molecular weight is 257 g/mol. The van der Waals surface area contributed by atoms with Crippen molar-refractivity contribution in [3.05, 3.63) is 29.3 Å². The zero-order valence-corrected chi connectivity index (χ0v) is 8.89. The van der Waals surface area contributed by atoms with Crippen LogP contribution in [0, 0.1) is 0 Å². The number of rotatable bonds is 3. The van der Waals surface area contributed by atoms with E-state index in [4.69, 9.17) is 10.7 Å². The zero-order valence-electron chi connectivity index (χ0n) is 7.32. The molecule has 1 rings (SSSR count). The van der Waals surface area contributed by atoms with Gasteiger partial charge >= 0.3 is 0 Å². The van der Waals surface area contributed by atoms with Crippen LogP contribution in [0.4, 0.5) is 8.78 Å². The first-order valence-corrected chi connectivity index (χ1v) is 6.30. The minimum absolute atomic E-state index is 0.136. The van der Waals surface area contributed by atoms with Gasteiger partial charge in [-0.2, -0.15) is 0 Å². The SMILES string of the molecule is O=S(=O)(Cl)Cc1cc(C(F)F)ccc1O. The fraction of sp³-hybridized carbons (Fsp3) is 0.250. The summed E-state index contributed by atoms with van der Waals surface area (Å²) in [5, 5.41) is 9.21. The summed E-state index contributed by atoms with van der Waals surface area (Å²) in [5.74, 6) is -1.05. The predicted octanol–water partition coefficient (Wildman–Crippen LogP) is 2.40. The van der Waals surface area contributed by atoms with Crippen LogP contribution in [-0.4, -0.2) is 13.5 Å². The summed E-state index contributed by atoms with van der Waals surface area (Å²) >= 11 is 0. The van der Waals surface area contributed by atoms with E-state index < -0.39 is 21.2 Å². The molecule has 0 amide bonds. The van der Waals surface area contributed by atoms with Gasteiger partial charge < -0.3 is 5.11 Å². The summed E-state index contributed by atoms with van der Waals surface area (Å²) in [4.78, 5) is 0. The van der Waals surface area contributed by atoms with Crippen LogP contribution in [0.5, 0.6) is 5.75 Å². The summed E-state index contributed by atoms with van der Waals surface area (Å²) in [6.45, 7) is 0. The topological polar surface area (TPSA) is 54.4 Å². The van der Waals surface area contributed by atoms with Crippen molar-refractivity contribution in [1.29, 1.82) is 0 Å². The Labute approximate surface area is 89.7 Å². The van der Waals surface area contributed by atoms with Gasteiger partial charge in [0.05, 0.1) is 5.75 Å². The maximum Gasteiger partial charge on any atom is 0.263 e. The molecule has 0 saturated heterocycles. The fourth-order valence-corrected chi connectivity index (χ4v) is 2.00. The monoisotopic (exact) mass is 256 g/mol. The first kappa shape index (κ1) is 12.2. The Morgan fingerprint density at radius 1 is 1.40 bits per heavy atom. The number of aromatic hydroxyl groups is 1. The molecule has 84 valence electrons. The minimum atomic E-state index is -3.87. The molecule has 0 aliphatic heterocycles. The highest BCUT2D eigenvalue weighted by atomic mass is 35.7. The Morgan fingerprint density at radius 3 is 2.47 bits per heavy atom. The molecule has 1 aromatic rings. The van der Waals surface area contributed by atoms with E-state index in [1.165, 1.54) is 0 Å². The van der Waals surface area contributed by atoms with Crippen molar-refractivity contribution >= 4 is 19.7 Å². The van der Waals surface area contributed by atoms with Gasteiger partial charge in [-0.1, -0.05) is 0 Å². The van der Waals surface area contributed by atoms with Gasteiger partial charge in [0.2, 0.25) is 9.05 Å². The molecule has 0 aliphatic carbocycles. The van der Waals surface area contributed by atoms with Gasteiger partial charge in [0, 0.05) is 21.8 Å². The van der Waals surface area contributed by atoms with Gasteiger partial charge in [0.1, 0.15) is 5.75 Å². The van der Waals surface area contributed by atoms with Crippen molar-refractivity contribution in [2.24, 2.45) is 0 Å². The maximum absolute atomic E-state index is 12.2. The molecule has 0 radical (unpaired) electrons. The molecule has 0 saturated carbocycles. The first-order chi connectivity index (χ1) is 6.79. The second-order valence-corrected chi connectivity index (χ2v) is 5.65. The zero-order chi connectivity index (χ0) is 11.6. The van der Waals surface area contributed by atoms with E-state index in [1.807, 2.05) is 0 Å². The molecular weight excluding hydrogens is 250 g/mol. The Morgan fingerprint density at radius 2 is 2.00 bits per heavy atom. The molecule has 15 heavy (non-hydrogen) atoms. The lowest BCUT2D eigenvalue weighted by atomic mass is 10.1. The number of benzene rings is 1. The number of hydrogen-bond donors (Lipinski definition) is 1. The van der Waals surface area contributed by atoms with Crippen molar-refractivity contribution in [1.82, 2.24) is 0 Å². The summed E-state index contributed by atoms with van der Waals surface area (Å²) in [5.41, 5.74) is -0.495. The third kappa shape index (κ3) is 3.64. The molecule has 7 heteroatoms. The van der Waals surface area contributed by atoms with Crippen molar-refractivity contribution in [3.8, 4) is 5.75 Å². The van der Waals surface area contributed by atoms with Crippen LogP contribution in [0.15, 0.2) is 18.2 Å². The lowest BCUT2D eigenvalue weighted by Gasteiger charge is -2.05. The van der Waals surface area contributed by atoms with Crippen LogP contribution in [0.2, 0.25) is 0 Å². The largest absolute Gasteiger partial charge is 0.508 e. The van der Waals surface area contributed by atoms with Crippen LogP contribution < -0.4 is 0 Å². The van der Waals surface area contributed by atoms with Gasteiger partial charge in [-0.05, 0) is 18.2 Å². The molecule has 0 unspecified atom stereocenters. The van der Waals surface area contributed by atoms with Crippen molar-refractivity contribution in [3.63, 3.8) is 0 Å². The smallest absolute Gasteiger partial charge is 0.263 e. The van der Waals surface area contributed by atoms with E-state index in [-0.39, 0.29) is 16.9 Å². The van der Waals surface area contributed by atoms with E-state index in [1.54, 1.807) is 0 Å². The van der Waals surface area contributed by atoms with Crippen LogP contribution >= 0.6 is 10.7 Å². The Hall–Kier alpha value is -0.880. The maximum atomic E-state index is 12.2. The highest BCUT2D eigenvalue weighted by molar-refractivity contribution is 8.13. The molecule has 0 fully saturated rings. The van der Waals surface area contributed by atoms with Crippen LogP contribution in [0.3, 0.4) is 0 Å². The standard InChI is InChI=1S/C8H7ClF2O3S/c9-15(13,14)4-6-3-5(8(10)11)1-2-7(6)12/h1-3,8,12H,4H2. The number of hydrogen-bond acceptors (Lipinski definition) is 3. The number of halogens is 3. The van der Waals surface area contributed by atoms with Crippen molar-refractivity contribution < 1.29 is 22.3 Å². The van der Waals surface area contributed by atoms with Crippen LogP contribution in [-0.2, 0) is 14.8 Å². The molecule has 0 spiro atoms. The van der Waals surface area contributed by atoms with E-state index in [0.717, 1.165) is 18.2 Å². The number of phenolic OH excluding ortho intramolecular Hbond substituents is 1. The number of alkyl halides is 2. The number of phenols is 1. The van der Waals surface area contributed by atoms with Gasteiger partial charge in [-0.15, -0.1) is 0 Å². The average Bonchev–Trinajstić information content (AvgIpc) is 2.06. The Kier molecular flexibility index (Phi) is 3.51. The molecule has 0 aliphatic rings.